The number of nitrogens with zero attached hydrogens (tertiary/aromatic N) is 2. The molecule has 5 aromatic rings. The molecule has 0 fully saturated rings. The number of carbonyl (C=O) groups is 2. The summed E-state index contributed by atoms with van der Waals surface area (Å²) in [4.78, 5) is 36.7. The van der Waals surface area contributed by atoms with E-state index in [0.717, 1.165) is 33.0 Å². The number of hydrogen-bond donors (Lipinski definition) is 3. The Hall–Kier alpha value is -4.23. The van der Waals surface area contributed by atoms with E-state index in [2.05, 4.69) is 20.3 Å². The van der Waals surface area contributed by atoms with E-state index in [-0.39, 0.29) is 5.91 Å². The largest absolute Gasteiger partial charge is 0.366 e. The molecular formula is C27H22ClN5O2. The van der Waals surface area contributed by atoms with Gasteiger partial charge in [0.05, 0.1) is 16.1 Å². The van der Waals surface area contributed by atoms with Crippen molar-refractivity contribution < 1.29 is 9.59 Å². The number of aromatic nitrogens is 3. The molecule has 8 heteroatoms. The zero-order valence-electron chi connectivity index (χ0n) is 18.9. The Morgan fingerprint density at radius 2 is 1.91 bits per heavy atom. The molecule has 0 aliphatic carbocycles. The van der Waals surface area contributed by atoms with Gasteiger partial charge in [0.15, 0.2) is 0 Å². The van der Waals surface area contributed by atoms with Crippen LogP contribution >= 0.6 is 11.6 Å². The van der Waals surface area contributed by atoms with Crippen molar-refractivity contribution in [2.45, 2.75) is 19.9 Å². The van der Waals surface area contributed by atoms with Crippen LogP contribution in [-0.4, -0.2) is 26.8 Å². The van der Waals surface area contributed by atoms with Crippen LogP contribution in [0.3, 0.4) is 0 Å². The fourth-order valence-corrected chi connectivity index (χ4v) is 4.38. The van der Waals surface area contributed by atoms with Gasteiger partial charge in [0.25, 0.3) is 11.8 Å². The third-order valence-electron chi connectivity index (χ3n) is 5.86. The number of carbonyl (C=O) groups excluding carboxylic acids is 2. The van der Waals surface area contributed by atoms with Crippen molar-refractivity contribution in [2.24, 2.45) is 5.73 Å². The van der Waals surface area contributed by atoms with Gasteiger partial charge in [-0.3, -0.25) is 19.6 Å². The number of nitrogens with one attached hydrogen (secondary N) is 2. The Labute approximate surface area is 206 Å². The Kier molecular flexibility index (Phi) is 5.93. The van der Waals surface area contributed by atoms with Crippen molar-refractivity contribution in [1.29, 1.82) is 0 Å². The summed E-state index contributed by atoms with van der Waals surface area (Å²) in [5, 5.41) is 5.35. The SMILES string of the molecule is Cc1cnc2c(C(N)=O)cc(Cc3cc(C(=O)NCc4ccc5[nH]cc(Cl)c5c4)ccn3)cc2c1. The second kappa shape index (κ2) is 9.19. The van der Waals surface area contributed by atoms with E-state index >= 15 is 0 Å². The molecule has 0 aliphatic heterocycles. The number of H-pyrrole nitrogens is 1. The zero-order chi connectivity index (χ0) is 24.5. The summed E-state index contributed by atoms with van der Waals surface area (Å²) < 4.78 is 0. The van der Waals surface area contributed by atoms with Crippen LogP contribution in [0.1, 0.15) is 43.1 Å². The molecule has 0 bridgehead atoms. The van der Waals surface area contributed by atoms with Crippen LogP contribution < -0.4 is 11.1 Å². The van der Waals surface area contributed by atoms with Crippen LogP contribution in [0, 0.1) is 6.92 Å². The third-order valence-corrected chi connectivity index (χ3v) is 6.17. The molecule has 0 saturated carbocycles. The fraction of sp³-hybridized carbons (Fsp3) is 0.111. The maximum absolute atomic E-state index is 12.8. The maximum Gasteiger partial charge on any atom is 0.251 e. The lowest BCUT2D eigenvalue weighted by atomic mass is 10.00. The first-order valence-corrected chi connectivity index (χ1v) is 11.4. The van der Waals surface area contributed by atoms with Crippen molar-refractivity contribution in [1.82, 2.24) is 20.3 Å². The predicted octanol–water partition coefficient (Wildman–Crippen LogP) is 4.69. The monoisotopic (exact) mass is 483 g/mol. The van der Waals surface area contributed by atoms with Crippen molar-refractivity contribution in [3.8, 4) is 0 Å². The standard InChI is InChI=1S/C27H22ClN5O2/c1-15-6-19-7-17(10-22(26(29)34)25(19)32-12-15)8-20-11-18(4-5-30-20)27(35)33-13-16-2-3-24-21(9-16)23(28)14-31-24/h2-7,9-12,14,31H,8,13H2,1H3,(H2,29,34)(H,33,35). The van der Waals surface area contributed by atoms with Gasteiger partial charge in [-0.25, -0.2) is 0 Å². The van der Waals surface area contributed by atoms with Gasteiger partial charge in [-0.2, -0.15) is 0 Å². The minimum atomic E-state index is -0.534. The maximum atomic E-state index is 12.8. The minimum Gasteiger partial charge on any atom is -0.366 e. The summed E-state index contributed by atoms with van der Waals surface area (Å²) >= 11 is 6.20. The number of aromatic amines is 1. The number of halogens is 1. The normalized spacial score (nSPS) is 11.1. The van der Waals surface area contributed by atoms with E-state index in [0.29, 0.717) is 40.3 Å². The number of amides is 2. The summed E-state index contributed by atoms with van der Waals surface area (Å²) in [6.45, 7) is 2.31. The molecule has 3 aromatic heterocycles. The summed E-state index contributed by atoms with van der Waals surface area (Å²) in [7, 11) is 0. The van der Waals surface area contributed by atoms with Crippen LogP contribution in [0.25, 0.3) is 21.8 Å². The lowest BCUT2D eigenvalue weighted by Gasteiger charge is -2.10. The van der Waals surface area contributed by atoms with Crippen LogP contribution in [0.15, 0.2) is 67.1 Å². The van der Waals surface area contributed by atoms with Gasteiger partial charge in [-0.15, -0.1) is 0 Å². The average molecular weight is 484 g/mol. The highest BCUT2D eigenvalue weighted by atomic mass is 35.5. The molecule has 2 aromatic carbocycles. The second-order valence-corrected chi connectivity index (χ2v) is 8.91. The highest BCUT2D eigenvalue weighted by Crippen LogP contribution is 2.24. The summed E-state index contributed by atoms with van der Waals surface area (Å²) in [5.41, 5.74) is 11.5. The van der Waals surface area contributed by atoms with Gasteiger partial charge < -0.3 is 16.0 Å². The molecule has 0 aliphatic rings. The number of pyridine rings is 2. The van der Waals surface area contributed by atoms with Gasteiger partial charge in [0.1, 0.15) is 0 Å². The van der Waals surface area contributed by atoms with Gasteiger partial charge >= 0.3 is 0 Å². The molecule has 35 heavy (non-hydrogen) atoms. The van der Waals surface area contributed by atoms with E-state index in [1.165, 1.54) is 0 Å². The minimum absolute atomic E-state index is 0.204. The number of hydrogen-bond acceptors (Lipinski definition) is 4. The molecule has 0 radical (unpaired) electrons. The highest BCUT2D eigenvalue weighted by Gasteiger charge is 2.13. The molecule has 174 valence electrons. The van der Waals surface area contributed by atoms with Crippen LogP contribution in [-0.2, 0) is 13.0 Å². The Balaban J connectivity index is 1.34. The predicted molar refractivity (Wildman–Crippen MR) is 137 cm³/mol. The number of nitrogens with two attached hydrogens (primary N) is 1. The van der Waals surface area contributed by atoms with Crippen molar-refractivity contribution in [2.75, 3.05) is 0 Å². The molecule has 0 unspecified atom stereocenters. The van der Waals surface area contributed by atoms with Gasteiger partial charge in [-0.05, 0) is 66.1 Å². The lowest BCUT2D eigenvalue weighted by Crippen LogP contribution is -2.23. The van der Waals surface area contributed by atoms with E-state index in [9.17, 15) is 9.59 Å². The van der Waals surface area contributed by atoms with Crippen molar-refractivity contribution in [3.63, 3.8) is 0 Å². The van der Waals surface area contributed by atoms with E-state index in [4.69, 9.17) is 17.3 Å². The Morgan fingerprint density at radius 3 is 2.74 bits per heavy atom. The second-order valence-electron chi connectivity index (χ2n) is 8.50. The fourth-order valence-electron chi connectivity index (χ4n) is 4.17. The topological polar surface area (TPSA) is 114 Å². The smallest absolute Gasteiger partial charge is 0.251 e. The van der Waals surface area contributed by atoms with E-state index in [1.807, 2.05) is 37.3 Å². The van der Waals surface area contributed by atoms with Crippen molar-refractivity contribution >= 4 is 45.2 Å². The zero-order valence-corrected chi connectivity index (χ0v) is 19.7. The van der Waals surface area contributed by atoms with E-state index < -0.39 is 5.91 Å². The molecule has 0 atom stereocenters. The van der Waals surface area contributed by atoms with Gasteiger partial charge in [0, 0.05) is 59.1 Å². The number of primary amides is 1. The average Bonchev–Trinajstić information content (AvgIpc) is 3.22. The van der Waals surface area contributed by atoms with Gasteiger partial charge in [-0.1, -0.05) is 17.7 Å². The molecule has 0 spiro atoms. The number of aryl methyl sites for hydroxylation is 1. The lowest BCUT2D eigenvalue weighted by molar-refractivity contribution is 0.0949. The quantitative estimate of drug-likeness (QED) is 0.325. The molecule has 4 N–H and O–H groups in total. The Morgan fingerprint density at radius 1 is 1.06 bits per heavy atom. The highest BCUT2D eigenvalue weighted by molar-refractivity contribution is 6.35. The van der Waals surface area contributed by atoms with Crippen LogP contribution in [0.2, 0.25) is 5.02 Å². The van der Waals surface area contributed by atoms with Crippen LogP contribution in [0.4, 0.5) is 0 Å². The number of rotatable bonds is 6. The summed E-state index contributed by atoms with van der Waals surface area (Å²) in [6, 6.07) is 14.9. The van der Waals surface area contributed by atoms with Gasteiger partial charge in [0.2, 0.25) is 0 Å². The number of benzene rings is 2. The van der Waals surface area contributed by atoms with Crippen LogP contribution in [0.5, 0.6) is 0 Å². The van der Waals surface area contributed by atoms with E-state index in [1.54, 1.807) is 36.8 Å². The first kappa shape index (κ1) is 22.6. The summed E-state index contributed by atoms with van der Waals surface area (Å²) in [6.07, 6.45) is 5.50. The first-order chi connectivity index (χ1) is 16.9. The Bertz CT molecular complexity index is 1610. The summed E-state index contributed by atoms with van der Waals surface area (Å²) in [5.74, 6) is -0.738. The molecule has 0 saturated heterocycles. The molecular weight excluding hydrogens is 462 g/mol. The number of fused-ring (bicyclic) bond motifs is 2. The third kappa shape index (κ3) is 4.72. The molecule has 7 nitrogen and oxygen atoms in total. The first-order valence-electron chi connectivity index (χ1n) is 11.0. The molecule has 2 amide bonds. The molecule has 5 rings (SSSR count). The molecule has 3 heterocycles. The van der Waals surface area contributed by atoms with Crippen molar-refractivity contribution in [3.05, 3.63) is 106 Å².